The van der Waals surface area contributed by atoms with Crippen molar-refractivity contribution in [3.05, 3.63) is 42.4 Å². The van der Waals surface area contributed by atoms with E-state index in [2.05, 4.69) is 23.8 Å². The van der Waals surface area contributed by atoms with Crippen LogP contribution < -0.4 is 4.74 Å². The van der Waals surface area contributed by atoms with Gasteiger partial charge < -0.3 is 4.74 Å². The Morgan fingerprint density at radius 2 is 1.55 bits per heavy atom. The van der Waals surface area contributed by atoms with Gasteiger partial charge >= 0.3 is 5.97 Å². The summed E-state index contributed by atoms with van der Waals surface area (Å²) in [6.07, 6.45) is 20.6. The number of carbonyl (C=O) groups excluding carboxylic acids is 1. The van der Waals surface area contributed by atoms with E-state index in [1.165, 1.54) is 57.8 Å². The molecule has 0 bridgehead atoms. The molecule has 0 saturated heterocycles. The third kappa shape index (κ3) is 8.57. The van der Waals surface area contributed by atoms with E-state index in [-0.39, 0.29) is 11.9 Å². The lowest BCUT2D eigenvalue weighted by atomic mass is 9.80. The van der Waals surface area contributed by atoms with Gasteiger partial charge in [-0.25, -0.2) is 0 Å². The van der Waals surface area contributed by atoms with E-state index >= 15 is 0 Å². The average Bonchev–Trinajstić information content (AvgIpc) is 2.85. The summed E-state index contributed by atoms with van der Waals surface area (Å²) in [7, 11) is 0. The Bertz CT molecular complexity index is 809. The van der Waals surface area contributed by atoms with Gasteiger partial charge in [-0.1, -0.05) is 65.2 Å². The third-order valence-corrected chi connectivity index (χ3v) is 7.01. The Morgan fingerprint density at radius 1 is 0.848 bits per heavy atom. The summed E-state index contributed by atoms with van der Waals surface area (Å²) in [5, 5.41) is 0. The number of hydrogen-bond donors (Lipinski definition) is 0. The van der Waals surface area contributed by atoms with Gasteiger partial charge in [-0.2, -0.15) is 0 Å². The molecule has 4 heteroatoms. The van der Waals surface area contributed by atoms with E-state index in [1.54, 1.807) is 0 Å². The predicted octanol–water partition coefficient (Wildman–Crippen LogP) is 7.95. The van der Waals surface area contributed by atoms with Gasteiger partial charge in [-0.15, -0.1) is 0 Å². The number of aryl methyl sites for hydroxylation is 1. The van der Waals surface area contributed by atoms with Gasteiger partial charge in [0.25, 0.3) is 0 Å². The van der Waals surface area contributed by atoms with E-state index in [0.717, 1.165) is 55.0 Å². The minimum Gasteiger partial charge on any atom is -0.426 e. The van der Waals surface area contributed by atoms with Crippen molar-refractivity contribution >= 4 is 5.97 Å². The minimum atomic E-state index is -0.0714. The molecule has 33 heavy (non-hydrogen) atoms. The van der Waals surface area contributed by atoms with E-state index in [0.29, 0.717) is 5.75 Å². The molecule has 1 aromatic heterocycles. The normalized spacial score (nSPS) is 18.2. The van der Waals surface area contributed by atoms with Crippen molar-refractivity contribution in [2.24, 2.45) is 11.8 Å². The molecule has 2 aromatic rings. The van der Waals surface area contributed by atoms with Gasteiger partial charge in [-0.3, -0.25) is 14.8 Å². The Labute approximate surface area is 200 Å². The summed E-state index contributed by atoms with van der Waals surface area (Å²) in [6.45, 7) is 4.49. The maximum absolute atomic E-state index is 12.6. The Kier molecular flexibility index (Phi) is 10.9. The average molecular weight is 451 g/mol. The first-order valence-electron chi connectivity index (χ1n) is 13.3. The zero-order chi connectivity index (χ0) is 23.3. The molecule has 0 N–H and O–H groups in total. The number of rotatable bonds is 13. The Morgan fingerprint density at radius 3 is 2.21 bits per heavy atom. The largest absolute Gasteiger partial charge is 0.426 e. The zero-order valence-electron chi connectivity index (χ0n) is 20.7. The second-order valence-corrected chi connectivity index (χ2v) is 9.72. The smallest absolute Gasteiger partial charge is 0.314 e. The minimum absolute atomic E-state index is 0.0486. The fraction of sp³-hybridized carbons (Fsp3) is 0.621. The third-order valence-electron chi connectivity index (χ3n) is 7.01. The summed E-state index contributed by atoms with van der Waals surface area (Å²) in [4.78, 5) is 21.8. The molecule has 0 spiro atoms. The van der Waals surface area contributed by atoms with Crippen LogP contribution in [0.5, 0.6) is 5.75 Å². The summed E-state index contributed by atoms with van der Waals surface area (Å²) in [6, 6.07) is 7.66. The standard InChI is InChI=1S/C29H42N2O2/c1-3-5-7-8-10-12-26-21-31-28(22-30-26)24-17-19-27(20-18-24)33-29(32)25-15-13-23(14-16-25)11-9-6-4-2/h17-23,25H,3-16H2,1-2H3. The van der Waals surface area contributed by atoms with Crippen molar-refractivity contribution in [2.75, 3.05) is 0 Å². The lowest BCUT2D eigenvalue weighted by molar-refractivity contribution is -0.140. The molecule has 180 valence electrons. The fourth-order valence-electron chi connectivity index (χ4n) is 4.81. The molecular weight excluding hydrogens is 408 g/mol. The predicted molar refractivity (Wildman–Crippen MR) is 135 cm³/mol. The topological polar surface area (TPSA) is 52.1 Å². The number of ether oxygens (including phenoxy) is 1. The van der Waals surface area contributed by atoms with E-state index in [9.17, 15) is 4.79 Å². The number of aromatic nitrogens is 2. The Hall–Kier alpha value is -2.23. The second kappa shape index (κ2) is 14.1. The van der Waals surface area contributed by atoms with Crippen molar-refractivity contribution in [2.45, 2.75) is 104 Å². The number of unbranched alkanes of at least 4 members (excludes halogenated alkanes) is 6. The molecule has 0 unspecified atom stereocenters. The van der Waals surface area contributed by atoms with Crippen molar-refractivity contribution in [1.82, 2.24) is 9.97 Å². The van der Waals surface area contributed by atoms with Crippen LogP contribution in [0.2, 0.25) is 0 Å². The van der Waals surface area contributed by atoms with Crippen molar-refractivity contribution in [3.63, 3.8) is 0 Å². The quantitative estimate of drug-likeness (QED) is 0.176. The number of benzene rings is 1. The lowest BCUT2D eigenvalue weighted by Gasteiger charge is -2.27. The molecule has 1 aliphatic rings. The lowest BCUT2D eigenvalue weighted by Crippen LogP contribution is -2.25. The molecule has 4 nitrogen and oxygen atoms in total. The summed E-state index contributed by atoms with van der Waals surface area (Å²) in [5.74, 6) is 1.39. The molecule has 1 saturated carbocycles. The van der Waals surface area contributed by atoms with Gasteiger partial charge in [0.2, 0.25) is 0 Å². The van der Waals surface area contributed by atoms with Crippen LogP contribution in [0.25, 0.3) is 11.3 Å². The summed E-state index contributed by atoms with van der Waals surface area (Å²) < 4.78 is 5.69. The molecule has 1 aromatic carbocycles. The first kappa shape index (κ1) is 25.4. The highest BCUT2D eigenvalue weighted by molar-refractivity contribution is 5.75. The summed E-state index contributed by atoms with van der Waals surface area (Å²) >= 11 is 0. The van der Waals surface area contributed by atoms with Gasteiger partial charge in [0.15, 0.2) is 0 Å². The van der Waals surface area contributed by atoms with Gasteiger partial charge in [-0.05, 0) is 68.7 Å². The molecule has 1 heterocycles. The molecule has 1 fully saturated rings. The molecule has 0 aliphatic heterocycles. The van der Waals surface area contributed by atoms with Crippen LogP contribution in [0.1, 0.15) is 103 Å². The first-order valence-corrected chi connectivity index (χ1v) is 13.3. The molecular formula is C29H42N2O2. The molecule has 1 aliphatic carbocycles. The van der Waals surface area contributed by atoms with Crippen molar-refractivity contribution in [1.29, 1.82) is 0 Å². The van der Waals surface area contributed by atoms with Gasteiger partial charge in [0, 0.05) is 11.8 Å². The maximum Gasteiger partial charge on any atom is 0.314 e. The SMILES string of the molecule is CCCCCCCc1cnc(-c2ccc(OC(=O)C3CCC(CCCCC)CC3)cc2)cn1. The Balaban J connectivity index is 1.43. The number of carbonyl (C=O) groups is 1. The number of esters is 1. The molecule has 0 radical (unpaired) electrons. The highest BCUT2D eigenvalue weighted by Crippen LogP contribution is 2.33. The molecule has 3 rings (SSSR count). The van der Waals surface area contributed by atoms with Crippen LogP contribution in [0.3, 0.4) is 0 Å². The van der Waals surface area contributed by atoms with E-state index in [1.807, 2.05) is 36.7 Å². The number of nitrogens with zero attached hydrogens (tertiary/aromatic N) is 2. The van der Waals surface area contributed by atoms with Crippen LogP contribution in [0.15, 0.2) is 36.7 Å². The van der Waals surface area contributed by atoms with Crippen LogP contribution in [0, 0.1) is 11.8 Å². The molecule has 0 amide bonds. The van der Waals surface area contributed by atoms with Crippen molar-refractivity contribution < 1.29 is 9.53 Å². The molecule has 0 atom stereocenters. The van der Waals surface area contributed by atoms with Gasteiger partial charge in [0.1, 0.15) is 5.75 Å². The van der Waals surface area contributed by atoms with Crippen LogP contribution in [-0.2, 0) is 11.2 Å². The van der Waals surface area contributed by atoms with E-state index < -0.39 is 0 Å². The highest BCUT2D eigenvalue weighted by atomic mass is 16.5. The van der Waals surface area contributed by atoms with Crippen molar-refractivity contribution in [3.8, 4) is 17.0 Å². The first-order chi connectivity index (χ1) is 16.2. The zero-order valence-corrected chi connectivity index (χ0v) is 20.7. The van der Waals surface area contributed by atoms with Crippen LogP contribution in [-0.4, -0.2) is 15.9 Å². The van der Waals surface area contributed by atoms with Crippen LogP contribution >= 0.6 is 0 Å². The van der Waals surface area contributed by atoms with Gasteiger partial charge in [0.05, 0.1) is 23.5 Å². The second-order valence-electron chi connectivity index (χ2n) is 9.72. The fourth-order valence-corrected chi connectivity index (χ4v) is 4.81. The highest BCUT2D eigenvalue weighted by Gasteiger charge is 2.27. The van der Waals surface area contributed by atoms with Crippen LogP contribution in [0.4, 0.5) is 0 Å². The monoisotopic (exact) mass is 450 g/mol. The number of hydrogen-bond acceptors (Lipinski definition) is 4. The summed E-state index contributed by atoms with van der Waals surface area (Å²) in [5.41, 5.74) is 2.90. The van der Waals surface area contributed by atoms with E-state index in [4.69, 9.17) is 4.74 Å². The maximum atomic E-state index is 12.6.